The summed E-state index contributed by atoms with van der Waals surface area (Å²) in [4.78, 5) is 21.0. The van der Waals surface area contributed by atoms with E-state index in [1.807, 2.05) is 0 Å². The van der Waals surface area contributed by atoms with Crippen molar-refractivity contribution >= 4 is 17.9 Å². The van der Waals surface area contributed by atoms with E-state index < -0.39 is 12.2 Å². The largest absolute Gasteiger partial charge is 0.463 e. The summed E-state index contributed by atoms with van der Waals surface area (Å²) in [6.45, 7) is 1.77. The summed E-state index contributed by atoms with van der Waals surface area (Å²) in [5.41, 5.74) is 3.96. The minimum atomic E-state index is -1.56. The molecule has 0 spiro atoms. The van der Waals surface area contributed by atoms with Crippen molar-refractivity contribution in [3.05, 3.63) is 29.8 Å². The fourth-order valence-electron chi connectivity index (χ4n) is 1.06. The fourth-order valence-corrected chi connectivity index (χ4v) is 1.06. The van der Waals surface area contributed by atoms with Crippen LogP contribution < -0.4 is 10.4 Å². The van der Waals surface area contributed by atoms with Crippen molar-refractivity contribution in [3.63, 3.8) is 0 Å². The molecule has 0 saturated carbocycles. The van der Waals surface area contributed by atoms with Crippen molar-refractivity contribution in [2.24, 2.45) is 0 Å². The highest BCUT2D eigenvalue weighted by atomic mass is 16.4. The molecule has 15 heavy (non-hydrogen) atoms. The number of carbonyl (C=O) groups is 2. The summed E-state index contributed by atoms with van der Waals surface area (Å²) < 4.78 is 0. The summed E-state index contributed by atoms with van der Waals surface area (Å²) in [6.07, 6.45) is -3.00. The molecule has 0 aromatic heterocycles. The van der Waals surface area contributed by atoms with Gasteiger partial charge in [0, 0.05) is 0 Å². The zero-order valence-electron chi connectivity index (χ0n) is 7.91. The monoisotopic (exact) mass is 209 g/mol. The van der Waals surface area contributed by atoms with E-state index in [9.17, 15) is 9.59 Å². The molecule has 6 heteroatoms. The number of carboxylic acid groups (broad SMARTS) is 2. The van der Waals surface area contributed by atoms with Gasteiger partial charge in [0.25, 0.3) is 0 Å². The van der Waals surface area contributed by atoms with Crippen molar-refractivity contribution < 1.29 is 19.8 Å². The third-order valence-corrected chi connectivity index (χ3v) is 1.61. The summed E-state index contributed by atoms with van der Waals surface area (Å²) in [5, 5.41) is 17.5. The number of anilines is 1. The van der Waals surface area contributed by atoms with Gasteiger partial charge in [0.15, 0.2) is 0 Å². The minimum Gasteiger partial charge on any atom is -0.463 e. The maximum Gasteiger partial charge on any atom is 0.448 e. The number of hydrogen-bond donors (Lipinski definition) is 2. The Bertz CT molecular complexity index is 391. The Kier molecular flexibility index (Phi) is 3.12. The summed E-state index contributed by atoms with van der Waals surface area (Å²) in [7, 11) is 0. The highest BCUT2D eigenvalue weighted by Gasteiger charge is 2.18. The van der Waals surface area contributed by atoms with Crippen LogP contribution in [0, 0.1) is 6.92 Å². The number of benzene rings is 1. The predicted molar refractivity (Wildman–Crippen MR) is 51.8 cm³/mol. The fraction of sp³-hybridized carbons (Fsp3) is 0.111. The third kappa shape index (κ3) is 2.87. The molecule has 1 rings (SSSR count). The maximum atomic E-state index is 10.7. The highest BCUT2D eigenvalue weighted by Crippen LogP contribution is 2.14. The van der Waals surface area contributed by atoms with Crippen LogP contribution in [0.1, 0.15) is 5.56 Å². The van der Waals surface area contributed by atoms with Gasteiger partial charge in [-0.15, -0.1) is 0 Å². The van der Waals surface area contributed by atoms with E-state index in [2.05, 4.69) is 5.43 Å². The van der Waals surface area contributed by atoms with Crippen molar-refractivity contribution in [3.8, 4) is 0 Å². The highest BCUT2D eigenvalue weighted by molar-refractivity contribution is 5.88. The van der Waals surface area contributed by atoms with Gasteiger partial charge in [-0.05, 0) is 24.6 Å². The van der Waals surface area contributed by atoms with Crippen LogP contribution in [0.4, 0.5) is 15.3 Å². The molecule has 0 saturated heterocycles. The first-order valence-corrected chi connectivity index (χ1v) is 4.05. The lowest BCUT2D eigenvalue weighted by Crippen LogP contribution is -2.39. The van der Waals surface area contributed by atoms with Crippen molar-refractivity contribution in [1.82, 2.24) is 5.43 Å². The van der Waals surface area contributed by atoms with E-state index in [0.29, 0.717) is 5.01 Å². The van der Waals surface area contributed by atoms with Crippen LogP contribution in [-0.4, -0.2) is 22.4 Å². The van der Waals surface area contributed by atoms with E-state index >= 15 is 0 Å². The average Bonchev–Trinajstić information content (AvgIpc) is 2.13. The van der Waals surface area contributed by atoms with Gasteiger partial charge in [0.05, 0.1) is 5.69 Å². The van der Waals surface area contributed by atoms with E-state index in [4.69, 9.17) is 10.2 Å². The zero-order valence-corrected chi connectivity index (χ0v) is 7.91. The van der Waals surface area contributed by atoms with Gasteiger partial charge < -0.3 is 10.2 Å². The van der Waals surface area contributed by atoms with Crippen LogP contribution in [0.25, 0.3) is 0 Å². The van der Waals surface area contributed by atoms with Crippen LogP contribution in [0.5, 0.6) is 0 Å². The first kappa shape index (κ1) is 10.8. The second kappa shape index (κ2) is 4.32. The Labute approximate surface area is 85.7 Å². The van der Waals surface area contributed by atoms with Crippen molar-refractivity contribution in [1.29, 1.82) is 0 Å². The SMILES string of the molecule is Cc1cccc(N([N]C(=O)O)C(=O)O)c1. The van der Waals surface area contributed by atoms with Gasteiger partial charge in [0.2, 0.25) is 0 Å². The summed E-state index contributed by atoms with van der Waals surface area (Å²) in [6, 6.07) is 6.39. The Hall–Kier alpha value is -2.24. The molecule has 1 aromatic carbocycles. The van der Waals surface area contributed by atoms with E-state index in [0.717, 1.165) is 5.56 Å². The summed E-state index contributed by atoms with van der Waals surface area (Å²) in [5.74, 6) is 0. The first-order valence-electron chi connectivity index (χ1n) is 4.05. The standard InChI is InChI=1S/C9H9N2O4/c1-6-3-2-4-7(5-6)11(9(14)15)10-8(12)13/h2-5H,1H3,(H,12,13)(H,14,15). The number of hydrogen-bond acceptors (Lipinski definition) is 2. The Morgan fingerprint density at radius 2 is 2.00 bits per heavy atom. The molecule has 1 radical (unpaired) electrons. The number of amides is 2. The number of rotatable bonds is 1. The van der Waals surface area contributed by atoms with Gasteiger partial charge in [-0.1, -0.05) is 17.6 Å². The predicted octanol–water partition coefficient (Wildman–Crippen LogP) is 1.68. The molecule has 2 N–H and O–H groups in total. The molecule has 0 unspecified atom stereocenters. The van der Waals surface area contributed by atoms with Gasteiger partial charge >= 0.3 is 12.2 Å². The molecular formula is C9H9N2O4. The van der Waals surface area contributed by atoms with Crippen LogP contribution >= 0.6 is 0 Å². The molecule has 1 aromatic rings. The van der Waals surface area contributed by atoms with Crippen molar-refractivity contribution in [2.75, 3.05) is 5.01 Å². The second-order valence-corrected chi connectivity index (χ2v) is 2.82. The molecule has 0 bridgehead atoms. The Balaban J connectivity index is 2.98. The topological polar surface area (TPSA) is 91.9 Å². The smallest absolute Gasteiger partial charge is 0.448 e. The van der Waals surface area contributed by atoms with E-state index in [1.165, 1.54) is 12.1 Å². The van der Waals surface area contributed by atoms with Gasteiger partial charge in [-0.2, -0.15) is 5.01 Å². The van der Waals surface area contributed by atoms with Gasteiger partial charge in [-0.25, -0.2) is 9.59 Å². The van der Waals surface area contributed by atoms with Crippen LogP contribution in [0.15, 0.2) is 24.3 Å². The second-order valence-electron chi connectivity index (χ2n) is 2.82. The normalized spacial score (nSPS) is 9.40. The summed E-state index contributed by atoms with van der Waals surface area (Å²) >= 11 is 0. The minimum absolute atomic E-state index is 0.199. The Morgan fingerprint density at radius 3 is 2.47 bits per heavy atom. The van der Waals surface area contributed by atoms with Crippen LogP contribution in [0.2, 0.25) is 0 Å². The quantitative estimate of drug-likeness (QED) is 0.688. The first-order chi connectivity index (χ1) is 7.00. The lowest BCUT2D eigenvalue weighted by molar-refractivity contribution is 0.180. The van der Waals surface area contributed by atoms with E-state index in [-0.39, 0.29) is 5.69 Å². The van der Waals surface area contributed by atoms with Crippen LogP contribution in [0.3, 0.4) is 0 Å². The molecule has 0 fully saturated rings. The molecular weight excluding hydrogens is 200 g/mol. The molecule has 0 atom stereocenters. The lowest BCUT2D eigenvalue weighted by Gasteiger charge is -2.15. The van der Waals surface area contributed by atoms with Crippen molar-refractivity contribution in [2.45, 2.75) is 6.92 Å². The molecule has 79 valence electrons. The molecule has 0 aliphatic carbocycles. The molecule has 0 aliphatic heterocycles. The lowest BCUT2D eigenvalue weighted by atomic mass is 10.2. The average molecular weight is 209 g/mol. The zero-order chi connectivity index (χ0) is 11.4. The maximum absolute atomic E-state index is 10.7. The molecule has 0 heterocycles. The molecule has 6 nitrogen and oxygen atoms in total. The van der Waals surface area contributed by atoms with Gasteiger partial charge in [-0.3, -0.25) is 0 Å². The third-order valence-electron chi connectivity index (χ3n) is 1.61. The molecule has 0 aliphatic rings. The van der Waals surface area contributed by atoms with Gasteiger partial charge in [0.1, 0.15) is 0 Å². The van der Waals surface area contributed by atoms with Crippen LogP contribution in [-0.2, 0) is 0 Å². The Morgan fingerprint density at radius 1 is 1.33 bits per heavy atom. The number of nitrogens with zero attached hydrogens (tertiary/aromatic N) is 2. The van der Waals surface area contributed by atoms with E-state index in [1.54, 1.807) is 19.1 Å². The molecule has 2 amide bonds. The number of aryl methyl sites for hydroxylation is 1.